The third-order valence-electron chi connectivity index (χ3n) is 2.94. The summed E-state index contributed by atoms with van der Waals surface area (Å²) >= 11 is 0. The van der Waals surface area contributed by atoms with Crippen molar-refractivity contribution in [1.82, 2.24) is 15.1 Å². The Labute approximate surface area is 110 Å². The van der Waals surface area contributed by atoms with E-state index in [0.29, 0.717) is 18.8 Å². The van der Waals surface area contributed by atoms with Gasteiger partial charge in [-0.15, -0.1) is 0 Å². The number of carboxylic acid groups (broad SMARTS) is 1. The number of carboxylic acids is 1. The Kier molecular flexibility index (Phi) is 3.88. The minimum atomic E-state index is -3.41. The summed E-state index contributed by atoms with van der Waals surface area (Å²) in [5, 5.41) is 15.3. The molecule has 1 aromatic heterocycles. The van der Waals surface area contributed by atoms with Crippen LogP contribution in [0.1, 0.15) is 11.7 Å². The maximum atomic E-state index is 11.7. The fourth-order valence-electron chi connectivity index (χ4n) is 2.09. The third-order valence-corrected chi connectivity index (χ3v) is 4.07. The number of aromatic nitrogens is 2. The Morgan fingerprint density at radius 2 is 2.42 bits per heavy atom. The van der Waals surface area contributed by atoms with Crippen LogP contribution in [-0.2, 0) is 19.4 Å². The smallest absolute Gasteiger partial charge is 0.317 e. The van der Waals surface area contributed by atoms with Gasteiger partial charge in [0.25, 0.3) is 0 Å². The van der Waals surface area contributed by atoms with Gasteiger partial charge < -0.3 is 9.84 Å². The van der Waals surface area contributed by atoms with Crippen molar-refractivity contribution in [3.8, 4) is 0 Å². The van der Waals surface area contributed by atoms with E-state index in [1.807, 2.05) is 0 Å². The monoisotopic (exact) mass is 289 g/mol. The second kappa shape index (κ2) is 5.27. The summed E-state index contributed by atoms with van der Waals surface area (Å²) in [6, 6.07) is -0.447. The number of hydrogen-bond donors (Lipinski definition) is 2. The molecule has 2 heterocycles. The molecule has 2 rings (SSSR count). The van der Waals surface area contributed by atoms with Crippen LogP contribution in [0.15, 0.2) is 11.1 Å². The molecule has 0 aliphatic carbocycles. The third kappa shape index (κ3) is 3.11. The molecule has 1 aromatic rings. The standard InChI is InChI=1S/C10H15N3O5S/c1-19(16,17)8-4-11-12-10(8)7-6-18-3-2-13(7)5-9(14)15/h4,7H,2-3,5-6H2,1H3,(H,11,12)(H,14,15). The molecule has 1 aliphatic heterocycles. The first-order valence-corrected chi connectivity index (χ1v) is 7.55. The van der Waals surface area contributed by atoms with Gasteiger partial charge in [0.05, 0.1) is 37.7 Å². The van der Waals surface area contributed by atoms with Crippen LogP contribution in [0.5, 0.6) is 0 Å². The van der Waals surface area contributed by atoms with E-state index >= 15 is 0 Å². The molecule has 1 atom stereocenters. The number of aromatic amines is 1. The lowest BCUT2D eigenvalue weighted by atomic mass is 10.1. The number of morpholine rings is 1. The molecule has 0 amide bonds. The Hall–Kier alpha value is -1.45. The first-order valence-electron chi connectivity index (χ1n) is 5.66. The molecule has 0 spiro atoms. The summed E-state index contributed by atoms with van der Waals surface area (Å²) in [5.41, 5.74) is 0.378. The number of carbonyl (C=O) groups is 1. The highest BCUT2D eigenvalue weighted by Crippen LogP contribution is 2.27. The molecule has 106 valence electrons. The number of H-pyrrole nitrogens is 1. The highest BCUT2D eigenvalue weighted by Gasteiger charge is 2.31. The number of nitrogens with one attached hydrogen (secondary N) is 1. The second-order valence-electron chi connectivity index (χ2n) is 4.38. The number of sulfone groups is 1. The lowest BCUT2D eigenvalue weighted by molar-refractivity contribution is -0.140. The van der Waals surface area contributed by atoms with Gasteiger partial charge in [-0.1, -0.05) is 0 Å². The summed E-state index contributed by atoms with van der Waals surface area (Å²) in [6.45, 7) is 0.916. The highest BCUT2D eigenvalue weighted by molar-refractivity contribution is 7.90. The van der Waals surface area contributed by atoms with Crippen molar-refractivity contribution in [3.05, 3.63) is 11.9 Å². The number of hydrogen-bond acceptors (Lipinski definition) is 6. The Morgan fingerprint density at radius 1 is 1.68 bits per heavy atom. The van der Waals surface area contributed by atoms with Gasteiger partial charge in [0.1, 0.15) is 4.90 Å². The summed E-state index contributed by atoms with van der Waals surface area (Å²) in [6.07, 6.45) is 2.32. The molecule has 0 saturated carbocycles. The Morgan fingerprint density at radius 3 is 3.05 bits per heavy atom. The SMILES string of the molecule is CS(=O)(=O)c1cn[nH]c1C1COCCN1CC(=O)O. The molecule has 0 aromatic carbocycles. The predicted molar refractivity (Wildman–Crippen MR) is 64.5 cm³/mol. The van der Waals surface area contributed by atoms with Crippen molar-refractivity contribution in [1.29, 1.82) is 0 Å². The van der Waals surface area contributed by atoms with E-state index in [1.165, 1.54) is 6.20 Å². The van der Waals surface area contributed by atoms with Crippen LogP contribution in [-0.4, -0.2) is 67.1 Å². The molecule has 19 heavy (non-hydrogen) atoms. The molecule has 0 radical (unpaired) electrons. The van der Waals surface area contributed by atoms with Crippen molar-refractivity contribution in [2.75, 3.05) is 32.6 Å². The topological polar surface area (TPSA) is 113 Å². The van der Waals surface area contributed by atoms with Gasteiger partial charge in [0, 0.05) is 12.8 Å². The van der Waals surface area contributed by atoms with Gasteiger partial charge in [-0.05, 0) is 0 Å². The van der Waals surface area contributed by atoms with E-state index in [0.717, 1.165) is 6.26 Å². The van der Waals surface area contributed by atoms with Crippen molar-refractivity contribution in [2.45, 2.75) is 10.9 Å². The van der Waals surface area contributed by atoms with E-state index in [9.17, 15) is 13.2 Å². The van der Waals surface area contributed by atoms with Gasteiger partial charge in [-0.3, -0.25) is 14.8 Å². The molecule has 1 saturated heterocycles. The van der Waals surface area contributed by atoms with Gasteiger partial charge in [0.2, 0.25) is 0 Å². The van der Waals surface area contributed by atoms with Crippen LogP contribution < -0.4 is 0 Å². The van der Waals surface area contributed by atoms with Crippen molar-refractivity contribution in [3.63, 3.8) is 0 Å². The largest absolute Gasteiger partial charge is 0.480 e. The van der Waals surface area contributed by atoms with Crippen LogP contribution in [0.3, 0.4) is 0 Å². The summed E-state index contributed by atoms with van der Waals surface area (Å²) < 4.78 is 28.6. The van der Waals surface area contributed by atoms with Crippen LogP contribution >= 0.6 is 0 Å². The number of ether oxygens (including phenoxy) is 1. The summed E-state index contributed by atoms with van der Waals surface area (Å²) in [7, 11) is -3.41. The lowest BCUT2D eigenvalue weighted by Gasteiger charge is -2.33. The first-order chi connectivity index (χ1) is 8.89. The van der Waals surface area contributed by atoms with Crippen molar-refractivity contribution < 1.29 is 23.1 Å². The zero-order valence-electron chi connectivity index (χ0n) is 10.4. The van der Waals surface area contributed by atoms with Gasteiger partial charge in [-0.25, -0.2) is 8.42 Å². The van der Waals surface area contributed by atoms with E-state index in [4.69, 9.17) is 9.84 Å². The van der Waals surface area contributed by atoms with Crippen LogP contribution in [0.25, 0.3) is 0 Å². The minimum absolute atomic E-state index is 0.0818. The van der Waals surface area contributed by atoms with E-state index in [1.54, 1.807) is 4.90 Å². The molecular formula is C10H15N3O5S. The zero-order valence-corrected chi connectivity index (χ0v) is 11.2. The number of aliphatic carboxylic acids is 1. The molecule has 1 unspecified atom stereocenters. The predicted octanol–water partition coefficient (Wildman–Crippen LogP) is -0.729. The van der Waals surface area contributed by atoms with Gasteiger partial charge >= 0.3 is 5.97 Å². The molecule has 0 bridgehead atoms. The van der Waals surface area contributed by atoms with Crippen LogP contribution in [0.2, 0.25) is 0 Å². The Balaban J connectivity index is 2.33. The maximum absolute atomic E-state index is 11.7. The fraction of sp³-hybridized carbons (Fsp3) is 0.600. The molecule has 2 N–H and O–H groups in total. The van der Waals surface area contributed by atoms with E-state index < -0.39 is 21.8 Å². The van der Waals surface area contributed by atoms with Gasteiger partial charge in [0.15, 0.2) is 9.84 Å². The van der Waals surface area contributed by atoms with E-state index in [2.05, 4.69) is 10.2 Å². The second-order valence-corrected chi connectivity index (χ2v) is 6.36. The Bertz CT molecular complexity index is 567. The quantitative estimate of drug-likeness (QED) is 0.751. The fourth-order valence-corrected chi connectivity index (χ4v) is 2.91. The van der Waals surface area contributed by atoms with Crippen molar-refractivity contribution in [2.24, 2.45) is 0 Å². The molecule has 8 nitrogen and oxygen atoms in total. The average molecular weight is 289 g/mol. The maximum Gasteiger partial charge on any atom is 0.317 e. The normalized spacial score (nSPS) is 21.4. The molecule has 1 fully saturated rings. The molecular weight excluding hydrogens is 274 g/mol. The number of nitrogens with zero attached hydrogens (tertiary/aromatic N) is 2. The summed E-state index contributed by atoms with van der Waals surface area (Å²) in [5.74, 6) is -0.965. The van der Waals surface area contributed by atoms with E-state index in [-0.39, 0.29) is 18.0 Å². The minimum Gasteiger partial charge on any atom is -0.480 e. The number of rotatable bonds is 4. The zero-order chi connectivity index (χ0) is 14.0. The van der Waals surface area contributed by atoms with Crippen LogP contribution in [0.4, 0.5) is 0 Å². The first kappa shape index (κ1) is 14.0. The highest BCUT2D eigenvalue weighted by atomic mass is 32.2. The van der Waals surface area contributed by atoms with Crippen molar-refractivity contribution >= 4 is 15.8 Å². The lowest BCUT2D eigenvalue weighted by Crippen LogP contribution is -2.42. The van der Waals surface area contributed by atoms with Gasteiger partial charge in [-0.2, -0.15) is 5.10 Å². The van der Waals surface area contributed by atoms with Crippen LogP contribution in [0, 0.1) is 0 Å². The average Bonchev–Trinajstić information content (AvgIpc) is 2.77. The molecule has 1 aliphatic rings. The summed E-state index contributed by atoms with van der Waals surface area (Å²) in [4.78, 5) is 12.6. The molecule has 9 heteroatoms.